The number of nitrogens with two attached hydrogens (primary N) is 1. The van der Waals surface area contributed by atoms with E-state index in [0.29, 0.717) is 22.8 Å². The summed E-state index contributed by atoms with van der Waals surface area (Å²) in [7, 11) is 0. The molecule has 2 aromatic carbocycles. The van der Waals surface area contributed by atoms with Crippen molar-refractivity contribution < 1.29 is 4.42 Å². The molecule has 3 N–H and O–H groups in total. The number of hydrogen-bond donors (Lipinski definition) is 2. The van der Waals surface area contributed by atoms with Gasteiger partial charge in [-0.25, -0.2) is 0 Å². The Balaban J connectivity index is 1.99. The molecule has 0 radical (unpaired) electrons. The van der Waals surface area contributed by atoms with Gasteiger partial charge in [-0.1, -0.05) is 31.2 Å². The summed E-state index contributed by atoms with van der Waals surface area (Å²) in [6.07, 6.45) is 0.950. The first-order chi connectivity index (χ1) is 9.28. The minimum Gasteiger partial charge on any atom is -0.423 e. The lowest BCUT2D eigenvalue weighted by Crippen LogP contribution is -1.95. The van der Waals surface area contributed by atoms with Gasteiger partial charge in [-0.05, 0) is 30.2 Å². The largest absolute Gasteiger partial charge is 0.423 e. The van der Waals surface area contributed by atoms with Crippen LogP contribution in [0.3, 0.4) is 0 Å². The zero-order valence-corrected chi connectivity index (χ0v) is 10.7. The van der Waals surface area contributed by atoms with Crippen LogP contribution in [0.25, 0.3) is 11.1 Å². The maximum Gasteiger partial charge on any atom is 0.300 e. The molecule has 0 fully saturated rings. The fourth-order valence-corrected chi connectivity index (χ4v) is 2.09. The predicted molar refractivity (Wildman–Crippen MR) is 77.5 cm³/mol. The second-order valence-corrected chi connectivity index (χ2v) is 4.35. The van der Waals surface area contributed by atoms with Gasteiger partial charge < -0.3 is 15.5 Å². The van der Waals surface area contributed by atoms with Gasteiger partial charge in [0.15, 0.2) is 5.58 Å². The predicted octanol–water partition coefficient (Wildman–Crippen LogP) is 3.72. The molecule has 4 heteroatoms. The number of aromatic nitrogens is 1. The Morgan fingerprint density at radius 3 is 2.79 bits per heavy atom. The van der Waals surface area contributed by atoms with Crippen molar-refractivity contribution in [3.05, 3.63) is 48.0 Å². The minimum atomic E-state index is 0.466. The molecule has 0 unspecified atom stereocenters. The maximum absolute atomic E-state index is 5.87. The van der Waals surface area contributed by atoms with E-state index in [4.69, 9.17) is 10.2 Å². The Morgan fingerprint density at radius 2 is 2.00 bits per heavy atom. The number of aryl methyl sites for hydroxylation is 1. The van der Waals surface area contributed by atoms with Gasteiger partial charge in [-0.3, -0.25) is 0 Å². The van der Waals surface area contributed by atoms with Gasteiger partial charge in [0, 0.05) is 5.69 Å². The van der Waals surface area contributed by atoms with E-state index >= 15 is 0 Å². The molecule has 0 amide bonds. The van der Waals surface area contributed by atoms with Gasteiger partial charge >= 0.3 is 0 Å². The molecular weight excluding hydrogens is 238 g/mol. The van der Waals surface area contributed by atoms with E-state index in [1.165, 1.54) is 5.56 Å². The van der Waals surface area contributed by atoms with Gasteiger partial charge in [-0.15, -0.1) is 0 Å². The first kappa shape index (κ1) is 11.6. The Morgan fingerprint density at radius 1 is 1.16 bits per heavy atom. The molecule has 0 saturated heterocycles. The lowest BCUT2D eigenvalue weighted by Gasteiger charge is -2.06. The van der Waals surface area contributed by atoms with Gasteiger partial charge in [0.1, 0.15) is 5.52 Å². The quantitative estimate of drug-likeness (QED) is 0.698. The third-order valence-electron chi connectivity index (χ3n) is 3.09. The van der Waals surface area contributed by atoms with Crippen molar-refractivity contribution in [2.75, 3.05) is 11.1 Å². The average molecular weight is 253 g/mol. The highest BCUT2D eigenvalue weighted by molar-refractivity contribution is 5.86. The Labute approximate surface area is 111 Å². The van der Waals surface area contributed by atoms with E-state index in [0.717, 1.165) is 12.1 Å². The standard InChI is InChI=1S/C15H15N3O/c1-2-10-6-3-4-8-12(10)17-15-18-14-11(16)7-5-9-13(14)19-15/h3-9H,2,16H2,1H3,(H,17,18). The molecule has 0 saturated carbocycles. The summed E-state index contributed by atoms with van der Waals surface area (Å²) in [6.45, 7) is 2.12. The van der Waals surface area contributed by atoms with Crippen molar-refractivity contribution in [3.63, 3.8) is 0 Å². The summed E-state index contributed by atoms with van der Waals surface area (Å²) < 4.78 is 5.65. The van der Waals surface area contributed by atoms with Crippen LogP contribution in [-0.4, -0.2) is 4.98 Å². The molecule has 0 aliphatic carbocycles. The van der Waals surface area contributed by atoms with Crippen molar-refractivity contribution >= 4 is 28.5 Å². The van der Waals surface area contributed by atoms with Gasteiger partial charge in [0.25, 0.3) is 6.01 Å². The summed E-state index contributed by atoms with van der Waals surface area (Å²) in [5.41, 5.74) is 10.1. The van der Waals surface area contributed by atoms with Crippen LogP contribution in [0.15, 0.2) is 46.9 Å². The van der Waals surface area contributed by atoms with Crippen molar-refractivity contribution in [2.45, 2.75) is 13.3 Å². The molecule has 0 spiro atoms. The zero-order valence-electron chi connectivity index (χ0n) is 10.7. The van der Waals surface area contributed by atoms with Crippen molar-refractivity contribution in [2.24, 2.45) is 0 Å². The number of nitrogens with zero attached hydrogens (tertiary/aromatic N) is 1. The SMILES string of the molecule is CCc1ccccc1Nc1nc2c(N)cccc2o1. The minimum absolute atomic E-state index is 0.466. The molecule has 0 bridgehead atoms. The summed E-state index contributed by atoms with van der Waals surface area (Å²) in [4.78, 5) is 4.38. The van der Waals surface area contributed by atoms with E-state index in [9.17, 15) is 0 Å². The number of hydrogen-bond acceptors (Lipinski definition) is 4. The van der Waals surface area contributed by atoms with Gasteiger partial charge in [-0.2, -0.15) is 4.98 Å². The molecule has 4 nitrogen and oxygen atoms in total. The monoisotopic (exact) mass is 253 g/mol. The lowest BCUT2D eigenvalue weighted by atomic mass is 10.1. The van der Waals surface area contributed by atoms with Crippen molar-refractivity contribution in [1.82, 2.24) is 4.98 Å². The second kappa shape index (κ2) is 4.65. The third-order valence-corrected chi connectivity index (χ3v) is 3.09. The average Bonchev–Trinajstić information content (AvgIpc) is 2.83. The highest BCUT2D eigenvalue weighted by Crippen LogP contribution is 2.27. The number of fused-ring (bicyclic) bond motifs is 1. The smallest absolute Gasteiger partial charge is 0.300 e. The summed E-state index contributed by atoms with van der Waals surface area (Å²) in [5, 5.41) is 3.21. The number of anilines is 3. The zero-order chi connectivity index (χ0) is 13.2. The Kier molecular flexibility index (Phi) is 2.83. The summed E-state index contributed by atoms with van der Waals surface area (Å²) in [5.74, 6) is 0. The highest BCUT2D eigenvalue weighted by atomic mass is 16.4. The van der Waals surface area contributed by atoms with Crippen LogP contribution in [0.2, 0.25) is 0 Å². The van der Waals surface area contributed by atoms with Crippen LogP contribution in [0.1, 0.15) is 12.5 Å². The molecule has 96 valence electrons. The number of para-hydroxylation sites is 2. The summed E-state index contributed by atoms with van der Waals surface area (Å²) in [6, 6.07) is 14.1. The van der Waals surface area contributed by atoms with E-state index in [2.05, 4.69) is 23.3 Å². The lowest BCUT2D eigenvalue weighted by molar-refractivity contribution is 0.623. The fraction of sp³-hybridized carbons (Fsp3) is 0.133. The van der Waals surface area contributed by atoms with Crippen LogP contribution < -0.4 is 11.1 Å². The first-order valence-electron chi connectivity index (χ1n) is 6.28. The Bertz CT molecular complexity index is 718. The number of oxazole rings is 1. The molecule has 0 atom stereocenters. The molecule has 19 heavy (non-hydrogen) atoms. The normalized spacial score (nSPS) is 10.8. The summed E-state index contributed by atoms with van der Waals surface area (Å²) >= 11 is 0. The molecule has 1 aromatic heterocycles. The van der Waals surface area contributed by atoms with Crippen LogP contribution in [-0.2, 0) is 6.42 Å². The molecule has 3 rings (SSSR count). The molecule has 0 aliphatic heterocycles. The van der Waals surface area contributed by atoms with Crippen LogP contribution >= 0.6 is 0 Å². The van der Waals surface area contributed by atoms with Crippen LogP contribution in [0, 0.1) is 0 Å². The van der Waals surface area contributed by atoms with Crippen LogP contribution in [0.5, 0.6) is 0 Å². The van der Waals surface area contributed by atoms with Crippen LogP contribution in [0.4, 0.5) is 17.4 Å². The molecular formula is C15H15N3O. The highest BCUT2D eigenvalue weighted by Gasteiger charge is 2.09. The van der Waals surface area contributed by atoms with Crippen molar-refractivity contribution in [1.29, 1.82) is 0 Å². The van der Waals surface area contributed by atoms with E-state index in [1.54, 1.807) is 0 Å². The third kappa shape index (κ3) is 2.12. The number of benzene rings is 2. The number of rotatable bonds is 3. The van der Waals surface area contributed by atoms with Gasteiger partial charge in [0.05, 0.1) is 5.69 Å². The maximum atomic E-state index is 5.87. The number of nitrogens with one attached hydrogen (secondary N) is 1. The van der Waals surface area contributed by atoms with Gasteiger partial charge in [0.2, 0.25) is 0 Å². The fourth-order valence-electron chi connectivity index (χ4n) is 2.09. The molecule has 0 aliphatic rings. The van der Waals surface area contributed by atoms with E-state index < -0.39 is 0 Å². The van der Waals surface area contributed by atoms with Crippen molar-refractivity contribution in [3.8, 4) is 0 Å². The Hall–Kier alpha value is -2.49. The molecule has 1 heterocycles. The molecule has 3 aromatic rings. The topological polar surface area (TPSA) is 64.1 Å². The van der Waals surface area contributed by atoms with E-state index in [-0.39, 0.29) is 0 Å². The van der Waals surface area contributed by atoms with E-state index in [1.807, 2.05) is 36.4 Å². The first-order valence-corrected chi connectivity index (χ1v) is 6.28. The number of nitrogen functional groups attached to an aromatic ring is 1. The second-order valence-electron chi connectivity index (χ2n) is 4.35.